The number of aliphatic hydroxyl groups excluding tert-OH is 1. The highest BCUT2D eigenvalue weighted by molar-refractivity contribution is 9.10. The minimum atomic E-state index is 0.112. The van der Waals surface area contributed by atoms with Gasteiger partial charge >= 0.3 is 0 Å². The van der Waals surface area contributed by atoms with E-state index in [4.69, 9.17) is 14.6 Å². The molecule has 0 amide bonds. The van der Waals surface area contributed by atoms with Crippen LogP contribution < -0.4 is 14.8 Å². The van der Waals surface area contributed by atoms with Crippen LogP contribution in [0.25, 0.3) is 0 Å². The second-order valence-electron chi connectivity index (χ2n) is 5.22. The molecule has 4 nitrogen and oxygen atoms in total. The molecule has 0 aliphatic carbocycles. The lowest BCUT2D eigenvalue weighted by Gasteiger charge is -2.16. The second kappa shape index (κ2) is 10.0. The standard InChI is InChI=1S/C16H26BrNO3/c1-12(2)21-16-10-14(17)13(9-15(16)20-3)11-18-7-5-4-6-8-19/h9-10,12,18-19H,4-8,11H2,1-3H3. The van der Waals surface area contributed by atoms with E-state index in [1.54, 1.807) is 7.11 Å². The van der Waals surface area contributed by atoms with Gasteiger partial charge in [-0.15, -0.1) is 0 Å². The van der Waals surface area contributed by atoms with Gasteiger partial charge in [0.15, 0.2) is 11.5 Å². The Kier molecular flexibility index (Phi) is 8.73. The van der Waals surface area contributed by atoms with Crippen LogP contribution in [-0.4, -0.2) is 31.5 Å². The molecule has 0 aliphatic heterocycles. The van der Waals surface area contributed by atoms with Crippen molar-refractivity contribution >= 4 is 15.9 Å². The van der Waals surface area contributed by atoms with E-state index in [9.17, 15) is 0 Å². The first-order valence-corrected chi connectivity index (χ1v) is 8.22. The van der Waals surface area contributed by atoms with Crippen LogP contribution in [0.3, 0.4) is 0 Å². The number of nitrogens with one attached hydrogen (secondary N) is 1. The van der Waals surface area contributed by atoms with E-state index in [0.29, 0.717) is 0 Å². The number of unbranched alkanes of at least 4 members (excludes halogenated alkanes) is 2. The minimum Gasteiger partial charge on any atom is -0.493 e. The summed E-state index contributed by atoms with van der Waals surface area (Å²) in [5.41, 5.74) is 1.14. The summed E-state index contributed by atoms with van der Waals surface area (Å²) in [5, 5.41) is 12.1. The van der Waals surface area contributed by atoms with Crippen molar-refractivity contribution in [1.82, 2.24) is 5.32 Å². The fraction of sp³-hybridized carbons (Fsp3) is 0.625. The third-order valence-corrected chi connectivity index (χ3v) is 3.76. The summed E-state index contributed by atoms with van der Waals surface area (Å²) >= 11 is 3.59. The number of hydrogen-bond donors (Lipinski definition) is 2. The van der Waals surface area contributed by atoms with Crippen LogP contribution in [0.2, 0.25) is 0 Å². The van der Waals surface area contributed by atoms with Crippen LogP contribution in [0.5, 0.6) is 11.5 Å². The molecule has 0 spiro atoms. The normalized spacial score (nSPS) is 11.0. The highest BCUT2D eigenvalue weighted by Gasteiger charge is 2.11. The third-order valence-electron chi connectivity index (χ3n) is 3.02. The first-order valence-electron chi connectivity index (χ1n) is 7.43. The highest BCUT2D eigenvalue weighted by atomic mass is 79.9. The molecule has 120 valence electrons. The van der Waals surface area contributed by atoms with Crippen molar-refractivity contribution < 1.29 is 14.6 Å². The largest absolute Gasteiger partial charge is 0.493 e. The van der Waals surface area contributed by atoms with Crippen LogP contribution in [0, 0.1) is 0 Å². The van der Waals surface area contributed by atoms with Gasteiger partial charge in [0.1, 0.15) is 0 Å². The van der Waals surface area contributed by atoms with Crippen molar-refractivity contribution in [3.63, 3.8) is 0 Å². The number of halogens is 1. The summed E-state index contributed by atoms with van der Waals surface area (Å²) in [6.07, 6.45) is 3.11. The van der Waals surface area contributed by atoms with Gasteiger partial charge in [0.05, 0.1) is 13.2 Å². The van der Waals surface area contributed by atoms with E-state index in [2.05, 4.69) is 21.2 Å². The molecule has 0 aromatic heterocycles. The van der Waals surface area contributed by atoms with Crippen molar-refractivity contribution in [3.05, 3.63) is 22.2 Å². The average Bonchev–Trinajstić information content (AvgIpc) is 2.44. The lowest BCUT2D eigenvalue weighted by atomic mass is 10.2. The first-order chi connectivity index (χ1) is 10.1. The van der Waals surface area contributed by atoms with E-state index in [0.717, 1.165) is 53.9 Å². The van der Waals surface area contributed by atoms with E-state index in [1.807, 2.05) is 26.0 Å². The van der Waals surface area contributed by atoms with Crippen molar-refractivity contribution in [2.45, 2.75) is 45.8 Å². The van der Waals surface area contributed by atoms with Crippen molar-refractivity contribution in [1.29, 1.82) is 0 Å². The number of aliphatic hydroxyl groups is 1. The van der Waals surface area contributed by atoms with Crippen molar-refractivity contribution in [2.75, 3.05) is 20.3 Å². The molecule has 0 heterocycles. The molecule has 0 bridgehead atoms. The average molecular weight is 360 g/mol. The number of hydrogen-bond acceptors (Lipinski definition) is 4. The number of methoxy groups -OCH3 is 1. The molecule has 0 saturated carbocycles. The molecule has 21 heavy (non-hydrogen) atoms. The predicted molar refractivity (Wildman–Crippen MR) is 89.1 cm³/mol. The molecule has 1 aromatic carbocycles. The summed E-state index contributed by atoms with van der Waals surface area (Å²) in [5.74, 6) is 1.51. The number of ether oxygens (including phenoxy) is 2. The van der Waals surface area contributed by atoms with E-state index in [-0.39, 0.29) is 12.7 Å². The van der Waals surface area contributed by atoms with E-state index >= 15 is 0 Å². The molecular weight excluding hydrogens is 334 g/mol. The Morgan fingerprint density at radius 3 is 2.57 bits per heavy atom. The topological polar surface area (TPSA) is 50.7 Å². The van der Waals surface area contributed by atoms with Gasteiger partial charge in [-0.2, -0.15) is 0 Å². The second-order valence-corrected chi connectivity index (χ2v) is 6.08. The Morgan fingerprint density at radius 2 is 1.95 bits per heavy atom. The predicted octanol–water partition coefficient (Wildman–Crippen LogP) is 3.50. The van der Waals surface area contributed by atoms with Gasteiger partial charge in [0, 0.05) is 17.6 Å². The number of rotatable bonds is 10. The van der Waals surface area contributed by atoms with Crippen LogP contribution in [-0.2, 0) is 6.54 Å². The summed E-state index contributed by atoms with van der Waals surface area (Å²) < 4.78 is 12.2. The van der Waals surface area contributed by atoms with Crippen molar-refractivity contribution in [2.24, 2.45) is 0 Å². The molecule has 0 aliphatic rings. The van der Waals surface area contributed by atoms with Gasteiger partial charge in [-0.25, -0.2) is 0 Å². The quantitative estimate of drug-likeness (QED) is 0.627. The minimum absolute atomic E-state index is 0.112. The molecule has 1 rings (SSSR count). The lowest BCUT2D eigenvalue weighted by molar-refractivity contribution is 0.230. The van der Waals surface area contributed by atoms with Gasteiger partial charge in [-0.05, 0) is 57.4 Å². The zero-order chi connectivity index (χ0) is 15.7. The Balaban J connectivity index is 2.58. The molecule has 5 heteroatoms. The maximum absolute atomic E-state index is 8.73. The van der Waals surface area contributed by atoms with Gasteiger partial charge in [0.2, 0.25) is 0 Å². The molecular formula is C16H26BrNO3. The van der Waals surface area contributed by atoms with Crippen LogP contribution >= 0.6 is 15.9 Å². The SMILES string of the molecule is COc1cc(CNCCCCCO)c(Br)cc1OC(C)C. The van der Waals surface area contributed by atoms with Gasteiger partial charge in [0.25, 0.3) is 0 Å². The van der Waals surface area contributed by atoms with E-state index in [1.165, 1.54) is 0 Å². The zero-order valence-electron chi connectivity index (χ0n) is 13.1. The highest BCUT2D eigenvalue weighted by Crippen LogP contribution is 2.34. The van der Waals surface area contributed by atoms with Gasteiger partial charge in [-0.1, -0.05) is 15.9 Å². The van der Waals surface area contributed by atoms with Crippen LogP contribution in [0.15, 0.2) is 16.6 Å². The fourth-order valence-electron chi connectivity index (χ4n) is 1.98. The lowest BCUT2D eigenvalue weighted by Crippen LogP contribution is -2.15. The summed E-state index contributed by atoms with van der Waals surface area (Å²) in [6, 6.07) is 3.96. The van der Waals surface area contributed by atoms with E-state index < -0.39 is 0 Å². The molecule has 1 aromatic rings. The monoisotopic (exact) mass is 359 g/mol. The Hall–Kier alpha value is -0.780. The fourth-order valence-corrected chi connectivity index (χ4v) is 2.44. The smallest absolute Gasteiger partial charge is 0.162 e. The maximum Gasteiger partial charge on any atom is 0.162 e. The van der Waals surface area contributed by atoms with Gasteiger partial charge in [-0.3, -0.25) is 0 Å². The van der Waals surface area contributed by atoms with Crippen LogP contribution in [0.1, 0.15) is 38.7 Å². The van der Waals surface area contributed by atoms with Crippen molar-refractivity contribution in [3.8, 4) is 11.5 Å². The Bertz CT molecular complexity index is 424. The molecule has 0 fully saturated rings. The molecule has 2 N–H and O–H groups in total. The molecule has 0 atom stereocenters. The number of benzene rings is 1. The summed E-state index contributed by atoms with van der Waals surface area (Å²) in [7, 11) is 1.66. The molecule has 0 radical (unpaired) electrons. The maximum atomic E-state index is 8.73. The Labute approximate surface area is 136 Å². The third kappa shape index (κ3) is 6.68. The van der Waals surface area contributed by atoms with Gasteiger partial charge < -0.3 is 19.9 Å². The molecule has 0 unspecified atom stereocenters. The Morgan fingerprint density at radius 1 is 1.19 bits per heavy atom. The zero-order valence-corrected chi connectivity index (χ0v) is 14.7. The summed E-state index contributed by atoms with van der Waals surface area (Å²) in [4.78, 5) is 0. The summed E-state index contributed by atoms with van der Waals surface area (Å²) in [6.45, 7) is 5.99. The first kappa shape index (κ1) is 18.3. The molecule has 0 saturated heterocycles. The van der Waals surface area contributed by atoms with Crippen LogP contribution in [0.4, 0.5) is 0 Å².